The first-order chi connectivity index (χ1) is 15.5. The molecule has 1 amide bonds. The molecule has 6 nitrogen and oxygen atoms in total. The van der Waals surface area contributed by atoms with Gasteiger partial charge in [0.2, 0.25) is 0 Å². The maximum atomic E-state index is 12.3. The van der Waals surface area contributed by atoms with Gasteiger partial charge in [-0.1, -0.05) is 35.9 Å². The van der Waals surface area contributed by atoms with Gasteiger partial charge in [-0.2, -0.15) is 5.10 Å². The van der Waals surface area contributed by atoms with Crippen molar-refractivity contribution >= 4 is 39.7 Å². The van der Waals surface area contributed by atoms with E-state index in [0.717, 1.165) is 10.0 Å². The molecule has 0 bridgehead atoms. The van der Waals surface area contributed by atoms with E-state index in [2.05, 4.69) is 26.5 Å². The van der Waals surface area contributed by atoms with E-state index in [-0.39, 0.29) is 5.91 Å². The summed E-state index contributed by atoms with van der Waals surface area (Å²) in [6, 6.07) is 17.9. The number of nitrogens with zero attached hydrogens (tertiary/aromatic N) is 1. The number of hydrogen-bond donors (Lipinski definition) is 1. The molecule has 0 heterocycles. The zero-order valence-electron chi connectivity index (χ0n) is 17.6. The first-order valence-electron chi connectivity index (χ1n) is 9.81. The van der Waals surface area contributed by atoms with Crippen molar-refractivity contribution in [2.75, 3.05) is 13.7 Å². The minimum atomic E-state index is -0.346. The molecule has 3 aromatic rings. The number of nitrogens with one attached hydrogen (secondary N) is 1. The smallest absolute Gasteiger partial charge is 0.271 e. The van der Waals surface area contributed by atoms with Gasteiger partial charge in [0, 0.05) is 26.2 Å². The molecule has 0 saturated heterocycles. The molecule has 8 heteroatoms. The Hall–Kier alpha value is -3.03. The normalized spacial score (nSPS) is 10.8. The van der Waals surface area contributed by atoms with Crippen molar-refractivity contribution in [3.05, 3.63) is 86.8 Å². The van der Waals surface area contributed by atoms with Crippen LogP contribution in [0.25, 0.3) is 0 Å². The topological polar surface area (TPSA) is 69.2 Å². The van der Waals surface area contributed by atoms with Crippen LogP contribution in [0, 0.1) is 0 Å². The van der Waals surface area contributed by atoms with Gasteiger partial charge in [0.1, 0.15) is 12.4 Å². The maximum absolute atomic E-state index is 12.3. The molecule has 0 unspecified atom stereocenters. The van der Waals surface area contributed by atoms with Gasteiger partial charge in [-0.3, -0.25) is 4.79 Å². The number of hydrogen-bond acceptors (Lipinski definition) is 5. The second-order valence-corrected chi connectivity index (χ2v) is 7.83. The number of rotatable bonds is 9. The van der Waals surface area contributed by atoms with E-state index in [1.165, 1.54) is 6.21 Å². The Labute approximate surface area is 200 Å². The van der Waals surface area contributed by atoms with E-state index < -0.39 is 0 Å². The summed E-state index contributed by atoms with van der Waals surface area (Å²) >= 11 is 9.73. The van der Waals surface area contributed by atoms with E-state index in [4.69, 9.17) is 25.8 Å². The standard InChI is InChI=1S/C24H22BrClN2O4/c1-3-31-22-12-18(14-27-28-24(29)16-8-6-9-19(11-16)30-2)20(25)13-23(22)32-15-17-7-4-5-10-21(17)26/h4-14H,3,15H2,1-2H3,(H,28,29)/b27-14-. The van der Waals surface area contributed by atoms with Gasteiger partial charge in [-0.05, 0) is 59.3 Å². The Morgan fingerprint density at radius 3 is 2.62 bits per heavy atom. The molecule has 0 fully saturated rings. The van der Waals surface area contributed by atoms with Crippen molar-refractivity contribution in [3.63, 3.8) is 0 Å². The van der Waals surface area contributed by atoms with Gasteiger partial charge in [0.25, 0.3) is 5.91 Å². The summed E-state index contributed by atoms with van der Waals surface area (Å²) in [6.07, 6.45) is 1.53. The molecule has 1 N–H and O–H groups in total. The number of benzene rings is 3. The van der Waals surface area contributed by atoms with Gasteiger partial charge in [-0.15, -0.1) is 0 Å². The number of methoxy groups -OCH3 is 1. The number of halogens is 2. The molecular weight excluding hydrogens is 496 g/mol. The molecule has 0 atom stereocenters. The molecule has 0 radical (unpaired) electrons. The van der Waals surface area contributed by atoms with E-state index in [0.29, 0.717) is 46.6 Å². The Morgan fingerprint density at radius 1 is 1.09 bits per heavy atom. The second-order valence-electron chi connectivity index (χ2n) is 6.56. The molecule has 0 saturated carbocycles. The Balaban J connectivity index is 1.73. The quantitative estimate of drug-likeness (QED) is 0.285. The summed E-state index contributed by atoms with van der Waals surface area (Å²) in [5.41, 5.74) is 4.54. The summed E-state index contributed by atoms with van der Waals surface area (Å²) in [7, 11) is 1.55. The SMILES string of the molecule is CCOc1cc(/C=N\NC(=O)c2cccc(OC)c2)c(Br)cc1OCc1ccccc1Cl. The molecule has 3 rings (SSSR count). The van der Waals surface area contributed by atoms with E-state index in [1.54, 1.807) is 43.5 Å². The zero-order valence-corrected chi connectivity index (χ0v) is 19.9. The average Bonchev–Trinajstić information content (AvgIpc) is 2.80. The van der Waals surface area contributed by atoms with Crippen molar-refractivity contribution in [2.45, 2.75) is 13.5 Å². The van der Waals surface area contributed by atoms with Gasteiger partial charge in [0.05, 0.1) is 19.9 Å². The van der Waals surface area contributed by atoms with Crippen LogP contribution >= 0.6 is 27.5 Å². The maximum Gasteiger partial charge on any atom is 0.271 e. The molecule has 3 aromatic carbocycles. The summed E-state index contributed by atoms with van der Waals surface area (Å²) in [5.74, 6) is 1.37. The first kappa shape index (κ1) is 23.6. The molecule has 0 aliphatic rings. The van der Waals surface area contributed by atoms with Crippen LogP contribution in [-0.2, 0) is 6.61 Å². The van der Waals surface area contributed by atoms with Crippen LogP contribution in [0.15, 0.2) is 70.2 Å². The van der Waals surface area contributed by atoms with Crippen LogP contribution in [0.4, 0.5) is 0 Å². The molecule has 0 aromatic heterocycles. The fourth-order valence-electron chi connectivity index (χ4n) is 2.79. The van der Waals surface area contributed by atoms with Crippen LogP contribution in [-0.4, -0.2) is 25.8 Å². The molecule has 0 aliphatic heterocycles. The zero-order chi connectivity index (χ0) is 22.9. The van der Waals surface area contributed by atoms with Crippen molar-refractivity contribution in [2.24, 2.45) is 5.10 Å². The lowest BCUT2D eigenvalue weighted by Crippen LogP contribution is -2.17. The largest absolute Gasteiger partial charge is 0.497 e. The second kappa shape index (κ2) is 11.5. The Morgan fingerprint density at radius 2 is 1.88 bits per heavy atom. The molecule has 32 heavy (non-hydrogen) atoms. The number of carbonyl (C=O) groups excluding carboxylic acids is 1. The van der Waals surface area contributed by atoms with Gasteiger partial charge >= 0.3 is 0 Å². The van der Waals surface area contributed by atoms with Crippen LogP contribution < -0.4 is 19.6 Å². The van der Waals surface area contributed by atoms with E-state index in [9.17, 15) is 4.79 Å². The van der Waals surface area contributed by atoms with Gasteiger partial charge < -0.3 is 14.2 Å². The molecule has 166 valence electrons. The predicted octanol–water partition coefficient (Wildman–Crippen LogP) is 5.85. The monoisotopic (exact) mass is 516 g/mol. The van der Waals surface area contributed by atoms with Crippen LogP contribution in [0.2, 0.25) is 5.02 Å². The Bertz CT molecular complexity index is 1120. The lowest BCUT2D eigenvalue weighted by molar-refractivity contribution is 0.0955. The third kappa shape index (κ3) is 6.24. The third-order valence-corrected chi connectivity index (χ3v) is 5.46. The highest BCUT2D eigenvalue weighted by Gasteiger charge is 2.12. The summed E-state index contributed by atoms with van der Waals surface area (Å²) < 4.78 is 17.6. The Kier molecular flexibility index (Phi) is 8.53. The van der Waals surface area contributed by atoms with E-state index >= 15 is 0 Å². The van der Waals surface area contributed by atoms with Crippen molar-refractivity contribution in [3.8, 4) is 17.2 Å². The summed E-state index contributed by atoms with van der Waals surface area (Å²) in [5, 5.41) is 4.70. The van der Waals surface area contributed by atoms with Crippen LogP contribution in [0.3, 0.4) is 0 Å². The lowest BCUT2D eigenvalue weighted by atomic mass is 10.2. The highest BCUT2D eigenvalue weighted by molar-refractivity contribution is 9.10. The number of carbonyl (C=O) groups is 1. The van der Waals surface area contributed by atoms with Crippen LogP contribution in [0.1, 0.15) is 28.4 Å². The summed E-state index contributed by atoms with van der Waals surface area (Å²) in [4.78, 5) is 12.3. The lowest BCUT2D eigenvalue weighted by Gasteiger charge is -2.14. The highest BCUT2D eigenvalue weighted by Crippen LogP contribution is 2.34. The van der Waals surface area contributed by atoms with E-state index in [1.807, 2.05) is 31.2 Å². The molecule has 0 aliphatic carbocycles. The summed E-state index contributed by atoms with van der Waals surface area (Å²) in [6.45, 7) is 2.66. The third-order valence-electron chi connectivity index (χ3n) is 4.41. The highest BCUT2D eigenvalue weighted by atomic mass is 79.9. The molecule has 0 spiro atoms. The molecular formula is C24H22BrClN2O4. The van der Waals surface area contributed by atoms with Crippen LogP contribution in [0.5, 0.6) is 17.2 Å². The van der Waals surface area contributed by atoms with Gasteiger partial charge in [0.15, 0.2) is 11.5 Å². The number of ether oxygens (including phenoxy) is 3. The average molecular weight is 518 g/mol. The minimum absolute atomic E-state index is 0.302. The number of hydrazone groups is 1. The fourth-order valence-corrected chi connectivity index (χ4v) is 3.41. The fraction of sp³-hybridized carbons (Fsp3) is 0.167. The minimum Gasteiger partial charge on any atom is -0.497 e. The van der Waals surface area contributed by atoms with Crippen molar-refractivity contribution < 1.29 is 19.0 Å². The number of amides is 1. The van der Waals surface area contributed by atoms with Crippen molar-refractivity contribution in [1.29, 1.82) is 0 Å². The predicted molar refractivity (Wildman–Crippen MR) is 129 cm³/mol. The van der Waals surface area contributed by atoms with Crippen molar-refractivity contribution in [1.82, 2.24) is 5.43 Å². The van der Waals surface area contributed by atoms with Gasteiger partial charge in [-0.25, -0.2) is 5.43 Å². The first-order valence-corrected chi connectivity index (χ1v) is 11.0.